The van der Waals surface area contributed by atoms with Gasteiger partial charge < -0.3 is 4.57 Å². The second-order valence-electron chi connectivity index (χ2n) is 3.63. The molecule has 2 rings (SSSR count). The highest BCUT2D eigenvalue weighted by Crippen LogP contribution is 2.34. The minimum atomic E-state index is -4.45. The van der Waals surface area contributed by atoms with Crippen LogP contribution in [0.4, 0.5) is 13.2 Å². The Morgan fingerprint density at radius 2 is 2.00 bits per heavy atom. The highest BCUT2D eigenvalue weighted by atomic mass is 32.2. The van der Waals surface area contributed by atoms with Crippen LogP contribution in [-0.2, 0) is 13.2 Å². The molecule has 18 heavy (non-hydrogen) atoms. The Morgan fingerprint density at radius 3 is 2.50 bits per heavy atom. The molecule has 0 unspecified atom stereocenters. The van der Waals surface area contributed by atoms with Crippen molar-refractivity contribution in [2.75, 3.05) is 6.26 Å². The number of rotatable bonds is 2. The highest BCUT2D eigenvalue weighted by Gasteiger charge is 2.33. The van der Waals surface area contributed by atoms with Crippen molar-refractivity contribution < 1.29 is 13.2 Å². The van der Waals surface area contributed by atoms with E-state index in [4.69, 9.17) is 0 Å². The molecular formula is C11H10F3N3S. The average molecular weight is 273 g/mol. The molecule has 2 aromatic heterocycles. The summed E-state index contributed by atoms with van der Waals surface area (Å²) in [7, 11) is 1.74. The molecule has 7 heteroatoms. The van der Waals surface area contributed by atoms with E-state index >= 15 is 0 Å². The second kappa shape index (κ2) is 4.64. The zero-order chi connectivity index (χ0) is 13.3. The topological polar surface area (TPSA) is 30.7 Å². The summed E-state index contributed by atoms with van der Waals surface area (Å²) in [6.45, 7) is 0. The molecule has 2 heterocycles. The van der Waals surface area contributed by atoms with Crippen LogP contribution >= 0.6 is 11.8 Å². The van der Waals surface area contributed by atoms with Gasteiger partial charge in [0, 0.05) is 36.1 Å². The number of nitrogens with zero attached hydrogens (tertiary/aromatic N) is 3. The minimum Gasteiger partial charge on any atom is -0.334 e. The number of aryl methyl sites for hydroxylation is 1. The molecule has 0 atom stereocenters. The van der Waals surface area contributed by atoms with Gasteiger partial charge in [-0.15, -0.1) is 11.8 Å². The van der Waals surface area contributed by atoms with E-state index in [9.17, 15) is 13.2 Å². The molecule has 0 saturated heterocycles. The minimum absolute atomic E-state index is 0.442. The number of halogens is 3. The van der Waals surface area contributed by atoms with Gasteiger partial charge in [-0.2, -0.15) is 13.2 Å². The second-order valence-corrected chi connectivity index (χ2v) is 4.48. The molecule has 0 bridgehead atoms. The zero-order valence-corrected chi connectivity index (χ0v) is 10.5. The maximum absolute atomic E-state index is 12.6. The Bertz CT molecular complexity index is 563. The maximum atomic E-state index is 12.6. The Balaban J connectivity index is 2.61. The standard InChI is InChI=1S/C11H10F3N3S/c1-17-4-3-15-10(17)7-5-9(11(12,13)14)16-6-8(7)18-2/h3-6H,1-2H3. The average Bonchev–Trinajstić information content (AvgIpc) is 2.73. The molecule has 0 aliphatic rings. The first kappa shape index (κ1) is 12.9. The van der Waals surface area contributed by atoms with E-state index < -0.39 is 11.9 Å². The monoisotopic (exact) mass is 273 g/mol. The molecule has 2 aromatic rings. The third-order valence-corrected chi connectivity index (χ3v) is 3.20. The fourth-order valence-corrected chi connectivity index (χ4v) is 2.09. The number of imidazole rings is 1. The quantitative estimate of drug-likeness (QED) is 0.787. The largest absolute Gasteiger partial charge is 0.433 e. The fourth-order valence-electron chi connectivity index (χ4n) is 1.56. The van der Waals surface area contributed by atoms with Gasteiger partial charge >= 0.3 is 6.18 Å². The molecule has 3 nitrogen and oxygen atoms in total. The lowest BCUT2D eigenvalue weighted by molar-refractivity contribution is -0.141. The molecule has 0 aliphatic heterocycles. The summed E-state index contributed by atoms with van der Waals surface area (Å²) in [5.74, 6) is 0.493. The Kier molecular flexibility index (Phi) is 3.34. The third kappa shape index (κ3) is 2.35. The van der Waals surface area contributed by atoms with Gasteiger partial charge in [0.1, 0.15) is 11.5 Å². The number of alkyl halides is 3. The summed E-state index contributed by atoms with van der Waals surface area (Å²) in [6, 6.07) is 1.04. The van der Waals surface area contributed by atoms with Crippen molar-refractivity contribution in [1.29, 1.82) is 0 Å². The Morgan fingerprint density at radius 1 is 1.28 bits per heavy atom. The van der Waals surface area contributed by atoms with E-state index in [1.807, 2.05) is 0 Å². The van der Waals surface area contributed by atoms with Crippen molar-refractivity contribution in [2.45, 2.75) is 11.1 Å². The van der Waals surface area contributed by atoms with Gasteiger partial charge in [-0.05, 0) is 12.3 Å². The van der Waals surface area contributed by atoms with Crippen molar-refractivity contribution in [3.8, 4) is 11.4 Å². The van der Waals surface area contributed by atoms with E-state index in [0.717, 1.165) is 6.07 Å². The molecule has 0 saturated carbocycles. The summed E-state index contributed by atoms with van der Waals surface area (Å²) >= 11 is 1.34. The van der Waals surface area contributed by atoms with Crippen molar-refractivity contribution >= 4 is 11.8 Å². The van der Waals surface area contributed by atoms with Crippen LogP contribution < -0.4 is 0 Å². The normalized spacial score (nSPS) is 11.8. The zero-order valence-electron chi connectivity index (χ0n) is 9.69. The molecule has 0 N–H and O–H groups in total. The van der Waals surface area contributed by atoms with Crippen molar-refractivity contribution in [3.05, 3.63) is 30.4 Å². The van der Waals surface area contributed by atoms with Gasteiger partial charge in [-0.1, -0.05) is 0 Å². The van der Waals surface area contributed by atoms with Crippen LogP contribution in [-0.4, -0.2) is 20.8 Å². The highest BCUT2D eigenvalue weighted by molar-refractivity contribution is 7.98. The first-order chi connectivity index (χ1) is 8.43. The lowest BCUT2D eigenvalue weighted by Crippen LogP contribution is -2.08. The predicted octanol–water partition coefficient (Wildman–Crippen LogP) is 3.22. The molecule has 96 valence electrons. The first-order valence-electron chi connectivity index (χ1n) is 5.02. The number of pyridine rings is 1. The van der Waals surface area contributed by atoms with Crippen LogP contribution in [0.1, 0.15) is 5.69 Å². The van der Waals surface area contributed by atoms with E-state index in [-0.39, 0.29) is 0 Å². The summed E-state index contributed by atoms with van der Waals surface area (Å²) in [5.41, 5.74) is -0.462. The van der Waals surface area contributed by atoms with Crippen LogP contribution in [0.2, 0.25) is 0 Å². The van der Waals surface area contributed by atoms with Gasteiger partial charge in [-0.25, -0.2) is 4.98 Å². The lowest BCUT2D eigenvalue weighted by Gasteiger charge is -2.11. The molecule has 0 spiro atoms. The van der Waals surface area contributed by atoms with Crippen molar-refractivity contribution in [3.63, 3.8) is 0 Å². The van der Waals surface area contributed by atoms with E-state index in [1.54, 1.807) is 30.3 Å². The van der Waals surface area contributed by atoms with Gasteiger partial charge in [0.25, 0.3) is 0 Å². The van der Waals surface area contributed by atoms with Crippen molar-refractivity contribution in [2.24, 2.45) is 7.05 Å². The molecule has 0 aliphatic carbocycles. The first-order valence-corrected chi connectivity index (χ1v) is 6.25. The Labute approximate surface area is 106 Å². The summed E-state index contributed by atoms with van der Waals surface area (Å²) < 4.78 is 39.6. The molecule has 0 amide bonds. The van der Waals surface area contributed by atoms with Gasteiger partial charge in [0.2, 0.25) is 0 Å². The summed E-state index contributed by atoms with van der Waals surface area (Å²) in [6.07, 6.45) is 1.81. The summed E-state index contributed by atoms with van der Waals surface area (Å²) in [5, 5.41) is 0. The van der Waals surface area contributed by atoms with Crippen LogP contribution in [0.3, 0.4) is 0 Å². The van der Waals surface area contributed by atoms with E-state index in [1.165, 1.54) is 18.0 Å². The maximum Gasteiger partial charge on any atom is 0.433 e. The SMILES string of the molecule is CSc1cnc(C(F)(F)F)cc1-c1nccn1C. The number of thioether (sulfide) groups is 1. The van der Waals surface area contributed by atoms with Crippen LogP contribution in [0.25, 0.3) is 11.4 Å². The summed E-state index contributed by atoms with van der Waals surface area (Å²) in [4.78, 5) is 8.17. The number of aromatic nitrogens is 3. The van der Waals surface area contributed by atoms with Gasteiger partial charge in [-0.3, -0.25) is 4.98 Å². The third-order valence-electron chi connectivity index (χ3n) is 2.44. The van der Waals surface area contributed by atoms with Crippen LogP contribution in [0.15, 0.2) is 29.6 Å². The van der Waals surface area contributed by atoms with E-state index in [0.29, 0.717) is 16.3 Å². The molecule has 0 fully saturated rings. The Hall–Kier alpha value is -1.50. The molecule has 0 radical (unpaired) electrons. The van der Waals surface area contributed by atoms with Gasteiger partial charge in [0.05, 0.1) is 0 Å². The molecule has 0 aromatic carbocycles. The fraction of sp³-hybridized carbons (Fsp3) is 0.273. The number of hydrogen-bond donors (Lipinski definition) is 0. The number of hydrogen-bond acceptors (Lipinski definition) is 3. The lowest BCUT2D eigenvalue weighted by atomic mass is 10.2. The predicted molar refractivity (Wildman–Crippen MR) is 63.2 cm³/mol. The van der Waals surface area contributed by atoms with Gasteiger partial charge in [0.15, 0.2) is 0 Å². The van der Waals surface area contributed by atoms with E-state index in [2.05, 4.69) is 9.97 Å². The van der Waals surface area contributed by atoms with Crippen LogP contribution in [0, 0.1) is 0 Å². The van der Waals surface area contributed by atoms with Crippen LogP contribution in [0.5, 0.6) is 0 Å². The van der Waals surface area contributed by atoms with Crippen molar-refractivity contribution in [1.82, 2.24) is 14.5 Å². The molecular weight excluding hydrogens is 263 g/mol. The smallest absolute Gasteiger partial charge is 0.334 e.